The molecule has 0 aromatic heterocycles. The van der Waals surface area contributed by atoms with Crippen molar-refractivity contribution in [1.29, 1.82) is 0 Å². The van der Waals surface area contributed by atoms with Crippen molar-refractivity contribution < 1.29 is 9.53 Å². The number of likely N-dealkylation sites (N-methyl/N-ethyl adjacent to an activating group) is 1. The number of carbonyl (C=O) groups is 1. The molecular weight excluding hydrogens is 252 g/mol. The van der Waals surface area contributed by atoms with Crippen LogP contribution < -0.4 is 10.2 Å². The summed E-state index contributed by atoms with van der Waals surface area (Å²) in [6, 6.07) is 7.61. The minimum atomic E-state index is -0.799. The Morgan fingerprint density at radius 3 is 2.72 bits per heavy atom. The fourth-order valence-corrected chi connectivity index (χ4v) is 2.27. The molecule has 1 atom stereocenters. The van der Waals surface area contributed by atoms with Gasteiger partial charge < -0.3 is 15.0 Å². The van der Waals surface area contributed by atoms with Crippen molar-refractivity contribution in [3.8, 4) is 0 Å². The molecule has 1 aromatic carbocycles. The maximum Gasteiger partial charge on any atom is 0.253 e. The number of benzene rings is 1. The third-order valence-electron chi connectivity index (χ3n) is 3.17. The fraction of sp³-hybridized carbons (Fsp3) is 0.462. The number of morpholine rings is 1. The van der Waals surface area contributed by atoms with Gasteiger partial charge in [-0.15, -0.1) is 0 Å². The lowest BCUT2D eigenvalue weighted by Crippen LogP contribution is -2.57. The molecule has 4 nitrogen and oxygen atoms in total. The molecule has 1 aliphatic rings. The topological polar surface area (TPSA) is 41.6 Å². The predicted molar refractivity (Wildman–Crippen MR) is 72.1 cm³/mol. The summed E-state index contributed by atoms with van der Waals surface area (Å²) in [5, 5.41) is 3.35. The monoisotopic (exact) mass is 268 g/mol. The lowest BCUT2D eigenvalue weighted by atomic mass is 10.0. The van der Waals surface area contributed by atoms with Crippen LogP contribution in [0.4, 0.5) is 5.69 Å². The van der Waals surface area contributed by atoms with Crippen molar-refractivity contribution in [2.24, 2.45) is 0 Å². The number of halogens is 1. The van der Waals surface area contributed by atoms with E-state index in [0.717, 1.165) is 12.2 Å². The Morgan fingerprint density at radius 2 is 2.11 bits per heavy atom. The predicted octanol–water partition coefficient (Wildman–Crippen LogP) is 1.68. The van der Waals surface area contributed by atoms with Crippen molar-refractivity contribution in [3.05, 3.63) is 29.3 Å². The van der Waals surface area contributed by atoms with Crippen LogP contribution in [0.2, 0.25) is 5.02 Å². The standard InChI is InChI=1S/C13H17ClN2O2/c1-13(12(17)15-2)9-16(7-8-18-13)11-5-3-10(14)4-6-11/h3-6H,7-9H2,1-2H3,(H,15,17). The van der Waals surface area contributed by atoms with E-state index in [-0.39, 0.29) is 5.91 Å². The number of hydrogen-bond donors (Lipinski definition) is 1. The molecule has 1 heterocycles. The van der Waals surface area contributed by atoms with Crippen LogP contribution in [-0.2, 0) is 9.53 Å². The third kappa shape index (κ3) is 2.60. The fourth-order valence-electron chi connectivity index (χ4n) is 2.14. The molecular formula is C13H17ClN2O2. The largest absolute Gasteiger partial charge is 0.366 e. The summed E-state index contributed by atoms with van der Waals surface area (Å²) < 4.78 is 5.61. The number of amides is 1. The molecule has 18 heavy (non-hydrogen) atoms. The van der Waals surface area contributed by atoms with Crippen molar-refractivity contribution in [2.75, 3.05) is 31.6 Å². The molecule has 0 radical (unpaired) electrons. The minimum absolute atomic E-state index is 0.0961. The zero-order chi connectivity index (χ0) is 13.2. The Kier molecular flexibility index (Phi) is 3.78. The van der Waals surface area contributed by atoms with E-state index in [9.17, 15) is 4.79 Å². The number of ether oxygens (including phenoxy) is 1. The van der Waals surface area contributed by atoms with Gasteiger partial charge in [0.2, 0.25) is 0 Å². The van der Waals surface area contributed by atoms with E-state index < -0.39 is 5.60 Å². The average molecular weight is 269 g/mol. The molecule has 5 heteroatoms. The maximum absolute atomic E-state index is 11.8. The quantitative estimate of drug-likeness (QED) is 0.887. The first-order chi connectivity index (χ1) is 8.55. The molecule has 1 aromatic rings. The second-order valence-electron chi connectivity index (χ2n) is 4.56. The molecule has 0 spiro atoms. The molecule has 1 aliphatic heterocycles. The van der Waals surface area contributed by atoms with E-state index in [0.29, 0.717) is 18.2 Å². The Labute approximate surface area is 112 Å². The zero-order valence-electron chi connectivity index (χ0n) is 10.6. The summed E-state index contributed by atoms with van der Waals surface area (Å²) in [4.78, 5) is 14.0. The maximum atomic E-state index is 11.8. The Hall–Kier alpha value is -1.26. The summed E-state index contributed by atoms with van der Waals surface area (Å²) in [6.07, 6.45) is 0. The van der Waals surface area contributed by atoms with Gasteiger partial charge in [0.25, 0.3) is 5.91 Å². The molecule has 0 bridgehead atoms. The van der Waals surface area contributed by atoms with Gasteiger partial charge in [0.1, 0.15) is 0 Å². The van der Waals surface area contributed by atoms with Crippen molar-refractivity contribution in [3.63, 3.8) is 0 Å². The van der Waals surface area contributed by atoms with Gasteiger partial charge in [0, 0.05) is 24.3 Å². The van der Waals surface area contributed by atoms with E-state index >= 15 is 0 Å². The molecule has 98 valence electrons. The van der Waals surface area contributed by atoms with Gasteiger partial charge in [0.15, 0.2) is 5.60 Å². The van der Waals surface area contributed by atoms with Crippen LogP contribution in [0.5, 0.6) is 0 Å². The SMILES string of the molecule is CNC(=O)C1(C)CN(c2ccc(Cl)cc2)CCO1. The van der Waals surface area contributed by atoms with Crippen LogP contribution in [0.25, 0.3) is 0 Å². The first-order valence-corrected chi connectivity index (χ1v) is 6.29. The summed E-state index contributed by atoms with van der Waals surface area (Å²) in [5.41, 5.74) is 0.255. The zero-order valence-corrected chi connectivity index (χ0v) is 11.3. The van der Waals surface area contributed by atoms with Crippen LogP contribution in [0, 0.1) is 0 Å². The van der Waals surface area contributed by atoms with E-state index in [2.05, 4.69) is 10.2 Å². The lowest BCUT2D eigenvalue weighted by molar-refractivity contribution is -0.145. The number of carbonyl (C=O) groups excluding carboxylic acids is 1. The van der Waals surface area contributed by atoms with Crippen molar-refractivity contribution in [2.45, 2.75) is 12.5 Å². The van der Waals surface area contributed by atoms with Gasteiger partial charge in [-0.3, -0.25) is 4.79 Å². The highest BCUT2D eigenvalue weighted by Gasteiger charge is 2.38. The highest BCUT2D eigenvalue weighted by molar-refractivity contribution is 6.30. The van der Waals surface area contributed by atoms with Crippen LogP contribution in [-0.4, -0.2) is 38.3 Å². The Balaban J connectivity index is 2.16. The van der Waals surface area contributed by atoms with E-state index in [1.807, 2.05) is 31.2 Å². The number of anilines is 1. The number of nitrogens with zero attached hydrogens (tertiary/aromatic N) is 1. The van der Waals surface area contributed by atoms with E-state index in [1.165, 1.54) is 0 Å². The van der Waals surface area contributed by atoms with Gasteiger partial charge in [-0.05, 0) is 31.2 Å². The Bertz CT molecular complexity index is 435. The van der Waals surface area contributed by atoms with Gasteiger partial charge in [-0.25, -0.2) is 0 Å². The second kappa shape index (κ2) is 5.16. The number of rotatable bonds is 2. The Morgan fingerprint density at radius 1 is 1.44 bits per heavy atom. The average Bonchev–Trinajstić information content (AvgIpc) is 2.38. The molecule has 1 fully saturated rings. The summed E-state index contributed by atoms with van der Waals surface area (Å²) in [7, 11) is 1.62. The third-order valence-corrected chi connectivity index (χ3v) is 3.43. The van der Waals surface area contributed by atoms with Crippen LogP contribution in [0.1, 0.15) is 6.92 Å². The molecule has 0 aliphatic carbocycles. The van der Waals surface area contributed by atoms with Crippen LogP contribution >= 0.6 is 11.6 Å². The number of nitrogens with one attached hydrogen (secondary N) is 1. The highest BCUT2D eigenvalue weighted by Crippen LogP contribution is 2.24. The molecule has 2 rings (SSSR count). The van der Waals surface area contributed by atoms with Crippen LogP contribution in [0.3, 0.4) is 0 Å². The smallest absolute Gasteiger partial charge is 0.253 e. The first-order valence-electron chi connectivity index (χ1n) is 5.92. The van der Waals surface area contributed by atoms with Crippen molar-refractivity contribution >= 4 is 23.2 Å². The van der Waals surface area contributed by atoms with Gasteiger partial charge in [-0.2, -0.15) is 0 Å². The first kappa shape index (κ1) is 13.2. The van der Waals surface area contributed by atoms with Gasteiger partial charge >= 0.3 is 0 Å². The number of hydrogen-bond acceptors (Lipinski definition) is 3. The highest BCUT2D eigenvalue weighted by atomic mass is 35.5. The van der Waals surface area contributed by atoms with E-state index in [1.54, 1.807) is 7.05 Å². The van der Waals surface area contributed by atoms with Gasteiger partial charge in [0.05, 0.1) is 13.2 Å². The normalized spacial score (nSPS) is 23.8. The summed E-state index contributed by atoms with van der Waals surface area (Å²) >= 11 is 5.87. The summed E-state index contributed by atoms with van der Waals surface area (Å²) in [5.74, 6) is -0.0961. The van der Waals surface area contributed by atoms with E-state index in [4.69, 9.17) is 16.3 Å². The van der Waals surface area contributed by atoms with Crippen molar-refractivity contribution in [1.82, 2.24) is 5.32 Å². The molecule has 1 unspecified atom stereocenters. The lowest BCUT2D eigenvalue weighted by Gasteiger charge is -2.40. The molecule has 0 saturated carbocycles. The second-order valence-corrected chi connectivity index (χ2v) is 4.99. The minimum Gasteiger partial charge on any atom is -0.366 e. The molecule has 1 N–H and O–H groups in total. The molecule has 1 amide bonds. The molecule has 1 saturated heterocycles. The van der Waals surface area contributed by atoms with Gasteiger partial charge in [-0.1, -0.05) is 11.6 Å². The van der Waals surface area contributed by atoms with Crippen LogP contribution in [0.15, 0.2) is 24.3 Å². The summed E-state index contributed by atoms with van der Waals surface area (Å²) in [6.45, 7) is 3.66.